The molecule has 1 amide bonds. The van der Waals surface area contributed by atoms with Gasteiger partial charge in [-0.2, -0.15) is 0 Å². The number of carbonyl (C=O) groups is 1. The molecule has 0 atom stereocenters. The normalized spacial score (nSPS) is 16.1. The number of thioether (sulfide) groups is 1. The minimum Gasteiger partial charge on any atom is -0.378 e. The molecule has 178 valence electrons. The standard InChI is InChI=1S/C25H30N6O2S/c1-19-5-4-6-22(17-19)31-24(30-13-15-33-16-14-30)27-28-25(31)34-18-23(32)26-20-7-9-21(10-8-20)29-11-2-3-12-29/h4-10,17H,2-3,11-16,18H2,1H3,(H,26,32). The summed E-state index contributed by atoms with van der Waals surface area (Å²) in [6, 6.07) is 16.4. The van der Waals surface area contributed by atoms with E-state index >= 15 is 0 Å². The average molecular weight is 479 g/mol. The average Bonchev–Trinajstić information content (AvgIpc) is 3.54. The number of hydrogen-bond acceptors (Lipinski definition) is 7. The minimum absolute atomic E-state index is 0.0642. The highest BCUT2D eigenvalue weighted by atomic mass is 32.2. The molecule has 2 aromatic carbocycles. The van der Waals surface area contributed by atoms with Crippen LogP contribution in [0.4, 0.5) is 17.3 Å². The van der Waals surface area contributed by atoms with Crippen LogP contribution in [0.15, 0.2) is 53.7 Å². The third-order valence-electron chi connectivity index (χ3n) is 6.12. The van der Waals surface area contributed by atoms with E-state index < -0.39 is 0 Å². The maximum atomic E-state index is 12.7. The predicted molar refractivity (Wildman–Crippen MR) is 136 cm³/mol. The van der Waals surface area contributed by atoms with Crippen molar-refractivity contribution in [3.05, 3.63) is 54.1 Å². The number of aromatic nitrogens is 3. The molecule has 2 aliphatic heterocycles. The van der Waals surface area contributed by atoms with Crippen LogP contribution < -0.4 is 15.1 Å². The smallest absolute Gasteiger partial charge is 0.234 e. The fourth-order valence-corrected chi connectivity index (χ4v) is 5.12. The first kappa shape index (κ1) is 22.7. The summed E-state index contributed by atoms with van der Waals surface area (Å²) in [5, 5.41) is 12.6. The Hall–Kier alpha value is -3.04. The van der Waals surface area contributed by atoms with Gasteiger partial charge in [0.1, 0.15) is 0 Å². The van der Waals surface area contributed by atoms with Crippen molar-refractivity contribution in [2.45, 2.75) is 24.9 Å². The van der Waals surface area contributed by atoms with Crippen LogP contribution in [0.2, 0.25) is 0 Å². The zero-order valence-electron chi connectivity index (χ0n) is 19.4. The van der Waals surface area contributed by atoms with Crippen LogP contribution >= 0.6 is 11.8 Å². The van der Waals surface area contributed by atoms with Gasteiger partial charge in [-0.25, -0.2) is 0 Å². The van der Waals surface area contributed by atoms with Crippen LogP contribution in [0.1, 0.15) is 18.4 Å². The van der Waals surface area contributed by atoms with E-state index in [9.17, 15) is 4.79 Å². The Labute approximate surface area is 204 Å². The lowest BCUT2D eigenvalue weighted by Gasteiger charge is -2.28. The van der Waals surface area contributed by atoms with Crippen LogP contribution in [0, 0.1) is 6.92 Å². The molecule has 3 heterocycles. The van der Waals surface area contributed by atoms with Crippen LogP contribution in [0.25, 0.3) is 5.69 Å². The summed E-state index contributed by atoms with van der Waals surface area (Å²) in [5.74, 6) is 0.973. The van der Waals surface area contributed by atoms with Gasteiger partial charge in [0.25, 0.3) is 0 Å². The van der Waals surface area contributed by atoms with Crippen molar-refractivity contribution in [1.29, 1.82) is 0 Å². The van der Waals surface area contributed by atoms with E-state index in [1.54, 1.807) is 0 Å². The fraction of sp³-hybridized carbons (Fsp3) is 0.400. The number of rotatable bonds is 7. The Morgan fingerprint density at radius 1 is 0.971 bits per heavy atom. The lowest BCUT2D eigenvalue weighted by Crippen LogP contribution is -2.37. The quantitative estimate of drug-likeness (QED) is 0.519. The van der Waals surface area contributed by atoms with Crippen LogP contribution in [-0.4, -0.2) is 65.8 Å². The van der Waals surface area contributed by atoms with E-state index in [-0.39, 0.29) is 11.7 Å². The second-order valence-electron chi connectivity index (χ2n) is 8.63. The molecule has 9 heteroatoms. The van der Waals surface area contributed by atoms with Crippen molar-refractivity contribution in [2.24, 2.45) is 0 Å². The van der Waals surface area contributed by atoms with Gasteiger partial charge in [-0.1, -0.05) is 23.9 Å². The molecule has 34 heavy (non-hydrogen) atoms. The second kappa shape index (κ2) is 10.5. The second-order valence-corrected chi connectivity index (χ2v) is 9.58. The van der Waals surface area contributed by atoms with Gasteiger partial charge < -0.3 is 19.9 Å². The molecule has 0 unspecified atom stereocenters. The summed E-state index contributed by atoms with van der Waals surface area (Å²) in [6.45, 7) is 7.15. The van der Waals surface area contributed by atoms with Crippen LogP contribution in [-0.2, 0) is 9.53 Å². The van der Waals surface area contributed by atoms with Crippen LogP contribution in [0.3, 0.4) is 0 Å². The third-order valence-corrected chi connectivity index (χ3v) is 7.05. The number of nitrogens with zero attached hydrogens (tertiary/aromatic N) is 5. The van der Waals surface area contributed by atoms with Gasteiger partial charge in [0.05, 0.1) is 24.7 Å². The lowest BCUT2D eigenvalue weighted by molar-refractivity contribution is -0.113. The molecule has 0 radical (unpaired) electrons. The highest BCUT2D eigenvalue weighted by Crippen LogP contribution is 2.28. The molecule has 2 saturated heterocycles. The Morgan fingerprint density at radius 2 is 1.74 bits per heavy atom. The minimum atomic E-state index is -0.0642. The molecule has 0 saturated carbocycles. The zero-order valence-corrected chi connectivity index (χ0v) is 20.3. The maximum Gasteiger partial charge on any atom is 0.234 e. The van der Waals surface area contributed by atoms with Crippen molar-refractivity contribution in [3.8, 4) is 5.69 Å². The van der Waals surface area contributed by atoms with Crippen molar-refractivity contribution in [3.63, 3.8) is 0 Å². The monoisotopic (exact) mass is 478 g/mol. The van der Waals surface area contributed by atoms with Gasteiger partial charge in [-0.3, -0.25) is 9.36 Å². The van der Waals surface area contributed by atoms with E-state index in [0.717, 1.165) is 49.1 Å². The number of ether oxygens (including phenoxy) is 1. The molecule has 2 aliphatic rings. The van der Waals surface area contributed by atoms with Gasteiger partial charge in [0, 0.05) is 37.6 Å². The fourth-order valence-electron chi connectivity index (χ4n) is 4.37. The number of aryl methyl sites for hydroxylation is 1. The largest absolute Gasteiger partial charge is 0.378 e. The number of benzene rings is 2. The Kier molecular flexibility index (Phi) is 7.01. The summed E-state index contributed by atoms with van der Waals surface area (Å²) in [5.41, 5.74) is 4.17. The Morgan fingerprint density at radius 3 is 2.47 bits per heavy atom. The molecule has 1 aromatic heterocycles. The van der Waals surface area contributed by atoms with E-state index in [1.165, 1.54) is 30.3 Å². The van der Waals surface area contributed by atoms with Gasteiger partial charge in [0.2, 0.25) is 11.9 Å². The Balaban J connectivity index is 1.28. The van der Waals surface area contributed by atoms with E-state index in [0.29, 0.717) is 18.4 Å². The van der Waals surface area contributed by atoms with E-state index in [4.69, 9.17) is 4.74 Å². The molecule has 3 aromatic rings. The molecule has 5 rings (SSSR count). The van der Waals surface area contributed by atoms with Gasteiger partial charge >= 0.3 is 0 Å². The molecular weight excluding hydrogens is 448 g/mol. The molecular formula is C25H30N6O2S. The molecule has 0 spiro atoms. The van der Waals surface area contributed by atoms with Gasteiger partial charge in [-0.15, -0.1) is 10.2 Å². The van der Waals surface area contributed by atoms with Gasteiger partial charge in [0.15, 0.2) is 5.16 Å². The molecule has 2 fully saturated rings. The highest BCUT2D eigenvalue weighted by Gasteiger charge is 2.22. The maximum absolute atomic E-state index is 12.7. The predicted octanol–water partition coefficient (Wildman–Crippen LogP) is 3.74. The summed E-state index contributed by atoms with van der Waals surface area (Å²) >= 11 is 1.39. The highest BCUT2D eigenvalue weighted by molar-refractivity contribution is 7.99. The van der Waals surface area contributed by atoms with Gasteiger partial charge in [-0.05, 0) is 61.7 Å². The van der Waals surface area contributed by atoms with Crippen molar-refractivity contribution in [2.75, 3.05) is 60.3 Å². The first-order valence-corrected chi connectivity index (χ1v) is 12.8. The van der Waals surface area contributed by atoms with Crippen molar-refractivity contribution < 1.29 is 9.53 Å². The molecule has 0 bridgehead atoms. The first-order valence-electron chi connectivity index (χ1n) is 11.8. The number of hydrogen-bond donors (Lipinski definition) is 1. The number of anilines is 3. The summed E-state index contributed by atoms with van der Waals surface area (Å²) in [7, 11) is 0. The zero-order chi connectivity index (χ0) is 23.3. The number of carbonyl (C=O) groups excluding carboxylic acids is 1. The van der Waals surface area contributed by atoms with E-state index in [2.05, 4.69) is 56.5 Å². The topological polar surface area (TPSA) is 75.5 Å². The first-order chi connectivity index (χ1) is 16.7. The SMILES string of the molecule is Cc1cccc(-n2c(SCC(=O)Nc3ccc(N4CCCC4)cc3)nnc2N2CCOCC2)c1. The number of amides is 1. The molecule has 0 aliphatic carbocycles. The molecule has 1 N–H and O–H groups in total. The van der Waals surface area contributed by atoms with Crippen molar-refractivity contribution >= 4 is 35.0 Å². The summed E-state index contributed by atoms with van der Waals surface area (Å²) in [4.78, 5) is 17.3. The van der Waals surface area contributed by atoms with E-state index in [1.807, 2.05) is 28.8 Å². The Bertz CT molecular complexity index is 1120. The third kappa shape index (κ3) is 5.20. The summed E-state index contributed by atoms with van der Waals surface area (Å²) in [6.07, 6.45) is 2.49. The summed E-state index contributed by atoms with van der Waals surface area (Å²) < 4.78 is 7.55. The number of morpholine rings is 1. The van der Waals surface area contributed by atoms with Crippen LogP contribution in [0.5, 0.6) is 0 Å². The lowest BCUT2D eigenvalue weighted by atomic mass is 10.2. The number of nitrogens with one attached hydrogen (secondary N) is 1. The molecule has 8 nitrogen and oxygen atoms in total. The van der Waals surface area contributed by atoms with Crippen molar-refractivity contribution in [1.82, 2.24) is 14.8 Å².